The van der Waals surface area contributed by atoms with Gasteiger partial charge in [-0.05, 0) is 25.2 Å². The summed E-state index contributed by atoms with van der Waals surface area (Å²) in [7, 11) is 2.03. The molecule has 0 spiro atoms. The number of hydrogen-bond donors (Lipinski definition) is 0. The monoisotopic (exact) mass is 350 g/mol. The predicted molar refractivity (Wildman–Crippen MR) is 94.3 cm³/mol. The molecule has 0 aromatic heterocycles. The van der Waals surface area contributed by atoms with Crippen molar-refractivity contribution in [2.24, 2.45) is 0 Å². The predicted octanol–water partition coefficient (Wildman–Crippen LogP) is 0.763. The Morgan fingerprint density at radius 3 is 1.96 bits per heavy atom. The Morgan fingerprint density at radius 1 is 0.875 bits per heavy atom. The third kappa shape index (κ3) is 3.82. The van der Waals surface area contributed by atoms with Gasteiger partial charge in [-0.15, -0.1) is 0 Å². The Balaban J connectivity index is 1.54. The van der Waals surface area contributed by atoms with Gasteiger partial charge in [0.1, 0.15) is 0 Å². The second-order valence-corrected chi connectivity index (χ2v) is 6.79. The average Bonchev–Trinajstić information content (AvgIpc) is 2.61. The molecule has 0 saturated carbocycles. The molecule has 6 nitrogen and oxygen atoms in total. The van der Waals surface area contributed by atoms with Crippen LogP contribution in [0.3, 0.4) is 0 Å². The van der Waals surface area contributed by atoms with Gasteiger partial charge in [-0.1, -0.05) is 17.7 Å². The van der Waals surface area contributed by atoms with Gasteiger partial charge in [0.05, 0.1) is 0 Å². The molecule has 0 atom stereocenters. The van der Waals surface area contributed by atoms with Crippen LogP contribution in [0.25, 0.3) is 0 Å². The van der Waals surface area contributed by atoms with Gasteiger partial charge >= 0.3 is 11.8 Å². The smallest absolute Gasteiger partial charge is 0.312 e. The maximum Gasteiger partial charge on any atom is 0.312 e. The first-order valence-electron chi connectivity index (χ1n) is 8.32. The highest BCUT2D eigenvalue weighted by Gasteiger charge is 2.30. The fraction of sp³-hybridized carbons (Fsp3) is 0.529. The van der Waals surface area contributed by atoms with Crippen LogP contribution in [0.2, 0.25) is 5.02 Å². The molecule has 2 aliphatic rings. The SMILES string of the molecule is CN1CCN(C(=O)C(=O)N2CCN(c3cccc(Cl)c3)CC2)CC1. The first-order valence-corrected chi connectivity index (χ1v) is 8.69. The molecule has 0 radical (unpaired) electrons. The largest absolute Gasteiger partial charge is 0.368 e. The number of nitrogens with zero attached hydrogens (tertiary/aromatic N) is 4. The summed E-state index contributed by atoms with van der Waals surface area (Å²) >= 11 is 6.04. The standard InChI is InChI=1S/C17H23ClN4O2/c1-19-5-7-21(8-6-19)16(23)17(24)22-11-9-20(10-12-22)15-4-2-3-14(18)13-15/h2-4,13H,5-12H2,1H3. The zero-order valence-corrected chi connectivity index (χ0v) is 14.7. The van der Waals surface area contributed by atoms with Crippen molar-refractivity contribution >= 4 is 29.1 Å². The number of halogens is 1. The molecule has 0 bridgehead atoms. The lowest BCUT2D eigenvalue weighted by Crippen LogP contribution is -2.56. The van der Waals surface area contributed by atoms with Crippen molar-refractivity contribution in [2.75, 3.05) is 64.3 Å². The molecule has 7 heteroatoms. The number of rotatable bonds is 1. The number of carbonyl (C=O) groups excluding carboxylic acids is 2. The molecule has 2 fully saturated rings. The van der Waals surface area contributed by atoms with Crippen LogP contribution in [-0.4, -0.2) is 85.9 Å². The van der Waals surface area contributed by atoms with E-state index in [4.69, 9.17) is 11.6 Å². The quantitative estimate of drug-likeness (QED) is 0.702. The van der Waals surface area contributed by atoms with Crippen molar-refractivity contribution in [1.82, 2.24) is 14.7 Å². The fourth-order valence-corrected chi connectivity index (χ4v) is 3.31. The molecule has 2 amide bonds. The average molecular weight is 351 g/mol. The Kier molecular flexibility index (Phi) is 5.26. The van der Waals surface area contributed by atoms with Gasteiger partial charge in [-0.25, -0.2) is 0 Å². The summed E-state index contributed by atoms with van der Waals surface area (Å²) < 4.78 is 0. The fourth-order valence-electron chi connectivity index (χ4n) is 3.12. The summed E-state index contributed by atoms with van der Waals surface area (Å²) in [6.07, 6.45) is 0. The number of likely N-dealkylation sites (N-methyl/N-ethyl adjacent to an activating group) is 1. The Labute approximate surface area is 147 Å². The minimum Gasteiger partial charge on any atom is -0.368 e. The van der Waals surface area contributed by atoms with Gasteiger partial charge in [0.15, 0.2) is 0 Å². The summed E-state index contributed by atoms with van der Waals surface area (Å²) in [5, 5.41) is 0.705. The van der Waals surface area contributed by atoms with E-state index in [0.717, 1.165) is 18.8 Å². The molecule has 2 saturated heterocycles. The molecule has 1 aromatic carbocycles. The highest BCUT2D eigenvalue weighted by molar-refractivity contribution is 6.35. The summed E-state index contributed by atoms with van der Waals surface area (Å²) in [6, 6.07) is 7.71. The normalized spacial score (nSPS) is 19.5. The van der Waals surface area contributed by atoms with E-state index in [9.17, 15) is 9.59 Å². The van der Waals surface area contributed by atoms with Gasteiger partial charge in [-0.3, -0.25) is 9.59 Å². The molecular formula is C17H23ClN4O2. The highest BCUT2D eigenvalue weighted by atomic mass is 35.5. The first-order chi connectivity index (χ1) is 11.5. The number of amides is 2. The van der Waals surface area contributed by atoms with E-state index >= 15 is 0 Å². The molecular weight excluding hydrogens is 328 g/mol. The zero-order chi connectivity index (χ0) is 17.1. The van der Waals surface area contributed by atoms with Crippen LogP contribution in [0.15, 0.2) is 24.3 Å². The number of anilines is 1. The lowest BCUT2D eigenvalue weighted by molar-refractivity contribution is -0.152. The number of benzene rings is 1. The van der Waals surface area contributed by atoms with Crippen molar-refractivity contribution in [3.63, 3.8) is 0 Å². The lowest BCUT2D eigenvalue weighted by atomic mass is 10.2. The molecule has 130 valence electrons. The second kappa shape index (κ2) is 7.40. The van der Waals surface area contributed by atoms with E-state index in [0.29, 0.717) is 44.3 Å². The van der Waals surface area contributed by atoms with Crippen LogP contribution in [0.4, 0.5) is 5.69 Å². The topological polar surface area (TPSA) is 47.1 Å². The molecule has 3 rings (SSSR count). The molecule has 2 heterocycles. The molecule has 0 N–H and O–H groups in total. The Morgan fingerprint density at radius 2 is 1.42 bits per heavy atom. The summed E-state index contributed by atoms with van der Waals surface area (Å²) in [5.41, 5.74) is 1.06. The summed E-state index contributed by atoms with van der Waals surface area (Å²) in [6.45, 7) is 5.44. The van der Waals surface area contributed by atoms with Crippen LogP contribution in [0, 0.1) is 0 Å². The third-order valence-electron chi connectivity index (χ3n) is 4.71. The molecule has 0 unspecified atom stereocenters. The maximum absolute atomic E-state index is 12.5. The van der Waals surface area contributed by atoms with Crippen LogP contribution < -0.4 is 4.90 Å². The number of piperazine rings is 2. The Bertz CT molecular complexity index is 608. The van der Waals surface area contributed by atoms with Crippen LogP contribution in [0.1, 0.15) is 0 Å². The van der Waals surface area contributed by atoms with Crippen LogP contribution in [0.5, 0.6) is 0 Å². The van der Waals surface area contributed by atoms with E-state index < -0.39 is 0 Å². The van der Waals surface area contributed by atoms with E-state index in [1.54, 1.807) is 9.80 Å². The lowest BCUT2D eigenvalue weighted by Gasteiger charge is -2.37. The van der Waals surface area contributed by atoms with Gasteiger partial charge in [0, 0.05) is 63.1 Å². The van der Waals surface area contributed by atoms with Gasteiger partial charge in [0.2, 0.25) is 0 Å². The van der Waals surface area contributed by atoms with Crippen LogP contribution in [-0.2, 0) is 9.59 Å². The van der Waals surface area contributed by atoms with E-state index in [1.165, 1.54) is 0 Å². The van der Waals surface area contributed by atoms with Gasteiger partial charge in [-0.2, -0.15) is 0 Å². The molecule has 1 aromatic rings. The Hall–Kier alpha value is -1.79. The minimum absolute atomic E-state index is 0.362. The van der Waals surface area contributed by atoms with E-state index in [-0.39, 0.29) is 11.8 Å². The van der Waals surface area contributed by atoms with Gasteiger partial charge < -0.3 is 19.6 Å². The third-order valence-corrected chi connectivity index (χ3v) is 4.95. The molecule has 0 aliphatic carbocycles. The van der Waals surface area contributed by atoms with Crippen molar-refractivity contribution in [3.8, 4) is 0 Å². The van der Waals surface area contributed by atoms with Crippen molar-refractivity contribution < 1.29 is 9.59 Å². The van der Waals surface area contributed by atoms with Crippen molar-refractivity contribution in [2.45, 2.75) is 0 Å². The summed E-state index contributed by atoms with van der Waals surface area (Å²) in [4.78, 5) is 32.5. The first kappa shape index (κ1) is 17.0. The van der Waals surface area contributed by atoms with Gasteiger partial charge in [0.25, 0.3) is 0 Å². The van der Waals surface area contributed by atoms with Crippen molar-refractivity contribution in [1.29, 1.82) is 0 Å². The summed E-state index contributed by atoms with van der Waals surface area (Å²) in [5.74, 6) is -0.732. The van der Waals surface area contributed by atoms with Crippen molar-refractivity contribution in [3.05, 3.63) is 29.3 Å². The van der Waals surface area contributed by atoms with Crippen LogP contribution >= 0.6 is 11.6 Å². The zero-order valence-electron chi connectivity index (χ0n) is 13.9. The van der Waals surface area contributed by atoms with E-state index in [2.05, 4.69) is 9.80 Å². The van der Waals surface area contributed by atoms with E-state index in [1.807, 2.05) is 31.3 Å². The molecule has 2 aliphatic heterocycles. The number of carbonyl (C=O) groups is 2. The maximum atomic E-state index is 12.5. The number of hydrogen-bond acceptors (Lipinski definition) is 4. The highest BCUT2D eigenvalue weighted by Crippen LogP contribution is 2.20. The minimum atomic E-state index is -0.370. The second-order valence-electron chi connectivity index (χ2n) is 6.35. The molecule has 24 heavy (non-hydrogen) atoms.